The predicted molar refractivity (Wildman–Crippen MR) is 45.4 cm³/mol. The van der Waals surface area contributed by atoms with Crippen molar-refractivity contribution in [2.45, 2.75) is 32.0 Å². The number of hydrogen-bond acceptors (Lipinski definition) is 2. The van der Waals surface area contributed by atoms with E-state index in [0.29, 0.717) is 12.8 Å². The maximum atomic E-state index is 9.15. The summed E-state index contributed by atoms with van der Waals surface area (Å²) >= 11 is 5.28. The molecule has 0 fully saturated rings. The Morgan fingerprint density at radius 2 is 1.91 bits per heavy atom. The second-order valence-electron chi connectivity index (χ2n) is 2.23. The third-order valence-corrected chi connectivity index (χ3v) is 1.50. The molecule has 0 amide bonds. The van der Waals surface area contributed by atoms with Gasteiger partial charge >= 0.3 is 0 Å². The molecule has 3 heteroatoms. The Labute approximate surface area is 72.2 Å². The van der Waals surface area contributed by atoms with Crippen molar-refractivity contribution in [1.29, 1.82) is 0 Å². The minimum Gasteiger partial charge on any atom is -0.390 e. The first kappa shape index (κ1) is 10.8. The molecular weight excluding hydrogens is 164 g/mol. The first-order valence-corrected chi connectivity index (χ1v) is 4.13. The van der Waals surface area contributed by atoms with Gasteiger partial charge in [0.25, 0.3) is 0 Å². The van der Waals surface area contributed by atoms with E-state index in [0.717, 1.165) is 0 Å². The van der Waals surface area contributed by atoms with Gasteiger partial charge in [0.1, 0.15) is 0 Å². The monoisotopic (exact) mass is 176 g/mol. The molecule has 0 saturated carbocycles. The molecule has 0 bridgehead atoms. The summed E-state index contributed by atoms with van der Waals surface area (Å²) in [5, 5.41) is 18.2. The highest BCUT2D eigenvalue weighted by Crippen LogP contribution is 2.01. The second kappa shape index (κ2) is 6.48. The fourth-order valence-corrected chi connectivity index (χ4v) is 0.727. The van der Waals surface area contributed by atoms with Gasteiger partial charge in [0.05, 0.1) is 18.1 Å². The Bertz CT molecular complexity index is 148. The average Bonchev–Trinajstić information content (AvgIpc) is 2.03. The standard InChI is InChI=1S/C8H13ClO2/c1-2-7(10)8(11)5-3-4-6-9/h7-8,10-11H,2,5-6H2,1H3/t7-,8-/m0/s1. The van der Waals surface area contributed by atoms with E-state index in [4.69, 9.17) is 21.8 Å². The Hall–Kier alpha value is -0.230. The van der Waals surface area contributed by atoms with E-state index in [1.54, 1.807) is 0 Å². The van der Waals surface area contributed by atoms with E-state index < -0.39 is 12.2 Å². The third kappa shape index (κ3) is 5.09. The molecule has 0 aliphatic rings. The molecule has 2 nitrogen and oxygen atoms in total. The van der Waals surface area contributed by atoms with Crippen LogP contribution in [0.4, 0.5) is 0 Å². The van der Waals surface area contributed by atoms with Crippen LogP contribution in [0.25, 0.3) is 0 Å². The van der Waals surface area contributed by atoms with Gasteiger partial charge in [0, 0.05) is 6.42 Å². The first-order valence-electron chi connectivity index (χ1n) is 3.60. The van der Waals surface area contributed by atoms with Crippen LogP contribution in [-0.4, -0.2) is 28.3 Å². The fourth-order valence-electron chi connectivity index (χ4n) is 0.632. The van der Waals surface area contributed by atoms with Crippen molar-refractivity contribution in [3.63, 3.8) is 0 Å². The summed E-state index contributed by atoms with van der Waals surface area (Å²) in [5.74, 6) is 5.53. The molecule has 0 saturated heterocycles. The molecule has 64 valence electrons. The summed E-state index contributed by atoms with van der Waals surface area (Å²) in [6.07, 6.45) is -0.568. The first-order chi connectivity index (χ1) is 5.22. The van der Waals surface area contributed by atoms with Crippen LogP contribution in [0.1, 0.15) is 19.8 Å². The molecule has 0 unspecified atom stereocenters. The number of alkyl halides is 1. The van der Waals surface area contributed by atoms with Gasteiger partial charge < -0.3 is 10.2 Å². The summed E-state index contributed by atoms with van der Waals surface area (Å²) in [6.45, 7) is 1.81. The lowest BCUT2D eigenvalue weighted by Crippen LogP contribution is -2.24. The number of rotatable bonds is 3. The minimum absolute atomic E-state index is 0.273. The van der Waals surface area contributed by atoms with E-state index in [-0.39, 0.29) is 5.88 Å². The Kier molecular flexibility index (Phi) is 6.34. The van der Waals surface area contributed by atoms with E-state index in [9.17, 15) is 0 Å². The number of hydrogen-bond donors (Lipinski definition) is 2. The lowest BCUT2D eigenvalue weighted by Gasteiger charge is -2.12. The summed E-state index contributed by atoms with van der Waals surface area (Å²) in [7, 11) is 0. The van der Waals surface area contributed by atoms with Crippen molar-refractivity contribution in [2.75, 3.05) is 5.88 Å². The highest BCUT2D eigenvalue weighted by molar-refractivity contribution is 6.19. The van der Waals surface area contributed by atoms with E-state index in [2.05, 4.69) is 11.8 Å². The maximum absolute atomic E-state index is 9.15. The highest BCUT2D eigenvalue weighted by atomic mass is 35.5. The molecule has 0 aromatic carbocycles. The molecule has 0 aliphatic heterocycles. The zero-order valence-electron chi connectivity index (χ0n) is 6.55. The molecule has 0 aliphatic carbocycles. The Balaban J connectivity index is 3.59. The van der Waals surface area contributed by atoms with Gasteiger partial charge in [-0.1, -0.05) is 18.8 Å². The third-order valence-electron chi connectivity index (χ3n) is 1.37. The normalized spacial score (nSPS) is 14.9. The van der Waals surface area contributed by atoms with Crippen molar-refractivity contribution in [3.8, 4) is 11.8 Å². The number of halogens is 1. The van der Waals surface area contributed by atoms with Gasteiger partial charge in [-0.2, -0.15) is 0 Å². The largest absolute Gasteiger partial charge is 0.390 e. The molecule has 2 atom stereocenters. The zero-order valence-corrected chi connectivity index (χ0v) is 7.30. The maximum Gasteiger partial charge on any atom is 0.0907 e. The molecular formula is C8H13ClO2. The fraction of sp³-hybridized carbons (Fsp3) is 0.750. The minimum atomic E-state index is -0.740. The van der Waals surface area contributed by atoms with Crippen LogP contribution in [-0.2, 0) is 0 Å². The van der Waals surface area contributed by atoms with Crippen molar-refractivity contribution >= 4 is 11.6 Å². The lowest BCUT2D eigenvalue weighted by atomic mass is 10.1. The van der Waals surface area contributed by atoms with E-state index >= 15 is 0 Å². The topological polar surface area (TPSA) is 40.5 Å². The van der Waals surface area contributed by atoms with E-state index in [1.165, 1.54) is 0 Å². The molecule has 11 heavy (non-hydrogen) atoms. The molecule has 0 spiro atoms. The SMILES string of the molecule is CC[C@H](O)[C@@H](O)CC#CCCl. The van der Waals surface area contributed by atoms with Crippen LogP contribution in [0.15, 0.2) is 0 Å². The quantitative estimate of drug-likeness (QED) is 0.492. The van der Waals surface area contributed by atoms with Crippen LogP contribution in [0.3, 0.4) is 0 Å². The van der Waals surface area contributed by atoms with Gasteiger partial charge in [0.15, 0.2) is 0 Å². The molecule has 0 aromatic rings. The molecule has 0 heterocycles. The van der Waals surface area contributed by atoms with Crippen molar-refractivity contribution < 1.29 is 10.2 Å². The van der Waals surface area contributed by atoms with Crippen LogP contribution >= 0.6 is 11.6 Å². The molecule has 0 radical (unpaired) electrons. The van der Waals surface area contributed by atoms with Crippen LogP contribution in [0.2, 0.25) is 0 Å². The highest BCUT2D eigenvalue weighted by Gasteiger charge is 2.11. The number of aliphatic hydroxyl groups is 2. The van der Waals surface area contributed by atoms with Crippen LogP contribution in [0, 0.1) is 11.8 Å². The predicted octanol–water partition coefficient (Wildman–Crippen LogP) is 0.750. The zero-order chi connectivity index (χ0) is 8.69. The Morgan fingerprint density at radius 3 is 2.36 bits per heavy atom. The average molecular weight is 177 g/mol. The summed E-state index contributed by atoms with van der Waals surface area (Å²) < 4.78 is 0. The van der Waals surface area contributed by atoms with Gasteiger partial charge in [-0.3, -0.25) is 0 Å². The van der Waals surface area contributed by atoms with Crippen molar-refractivity contribution in [2.24, 2.45) is 0 Å². The lowest BCUT2D eigenvalue weighted by molar-refractivity contribution is 0.0210. The van der Waals surface area contributed by atoms with Gasteiger partial charge in [-0.05, 0) is 6.42 Å². The smallest absolute Gasteiger partial charge is 0.0907 e. The van der Waals surface area contributed by atoms with Gasteiger partial charge in [0.2, 0.25) is 0 Å². The number of aliphatic hydroxyl groups excluding tert-OH is 2. The van der Waals surface area contributed by atoms with Crippen molar-refractivity contribution in [3.05, 3.63) is 0 Å². The van der Waals surface area contributed by atoms with E-state index in [1.807, 2.05) is 6.92 Å². The van der Waals surface area contributed by atoms with Gasteiger partial charge in [-0.25, -0.2) is 0 Å². The molecule has 0 aromatic heterocycles. The Morgan fingerprint density at radius 1 is 1.27 bits per heavy atom. The van der Waals surface area contributed by atoms with Gasteiger partial charge in [-0.15, -0.1) is 11.6 Å². The summed E-state index contributed by atoms with van der Waals surface area (Å²) in [6, 6.07) is 0. The van der Waals surface area contributed by atoms with Crippen molar-refractivity contribution in [1.82, 2.24) is 0 Å². The summed E-state index contributed by atoms with van der Waals surface area (Å²) in [4.78, 5) is 0. The van der Waals surface area contributed by atoms with Crippen LogP contribution < -0.4 is 0 Å². The summed E-state index contributed by atoms with van der Waals surface area (Å²) in [5.41, 5.74) is 0. The molecule has 0 rings (SSSR count). The second-order valence-corrected chi connectivity index (χ2v) is 2.50. The molecule has 2 N–H and O–H groups in total. The van der Waals surface area contributed by atoms with Crippen LogP contribution in [0.5, 0.6) is 0 Å².